The van der Waals surface area contributed by atoms with E-state index in [1.165, 1.54) is 0 Å². The third-order valence-corrected chi connectivity index (χ3v) is 1.52. The highest BCUT2D eigenvalue weighted by Crippen LogP contribution is 2.41. The minimum atomic E-state index is -6.07. The van der Waals surface area contributed by atoms with Gasteiger partial charge in [0.05, 0.1) is 0 Å². The second kappa shape index (κ2) is 4.35. The van der Waals surface area contributed by atoms with Crippen molar-refractivity contribution < 1.29 is 30.7 Å². The van der Waals surface area contributed by atoms with Gasteiger partial charge in [-0.15, -0.1) is 0 Å². The van der Waals surface area contributed by atoms with E-state index in [0.717, 1.165) is 0 Å². The van der Waals surface area contributed by atoms with Crippen LogP contribution in [0.3, 0.4) is 0 Å². The Hall–Kier alpha value is -0.490. The van der Waals surface area contributed by atoms with Gasteiger partial charge in [0.25, 0.3) is 0 Å². The van der Waals surface area contributed by atoms with Crippen LogP contribution in [0.1, 0.15) is 12.8 Å². The lowest BCUT2D eigenvalue weighted by Crippen LogP contribution is -2.49. The summed E-state index contributed by atoms with van der Waals surface area (Å²) in [6.07, 6.45) is -13.8. The minimum absolute atomic E-state index is 0.254. The Morgan fingerprint density at radius 3 is 1.71 bits per heavy atom. The van der Waals surface area contributed by atoms with E-state index in [4.69, 9.17) is 0 Å². The Bertz CT molecular complexity index is 173. The fourth-order valence-corrected chi connectivity index (χ4v) is 0.725. The van der Waals surface area contributed by atoms with E-state index in [0.29, 0.717) is 0 Å². The smallest absolute Gasteiger partial charge is 0.244 e. The lowest BCUT2D eigenvalue weighted by atomic mass is 10.1. The Balaban J connectivity index is 4.57. The van der Waals surface area contributed by atoms with Crippen LogP contribution in [0.5, 0.6) is 0 Å². The van der Waals surface area contributed by atoms with Gasteiger partial charge in [0.2, 0.25) is 6.17 Å². The zero-order valence-corrected chi connectivity index (χ0v) is 6.92. The second-order valence-electron chi connectivity index (χ2n) is 2.68. The van der Waals surface area contributed by atoms with Crippen LogP contribution in [0, 0.1) is 6.92 Å². The average Bonchev–Trinajstić information content (AvgIpc) is 2.01. The van der Waals surface area contributed by atoms with Crippen molar-refractivity contribution in [1.82, 2.24) is 0 Å². The Morgan fingerprint density at radius 1 is 1.00 bits per heavy atom. The highest BCUT2D eigenvalue weighted by Gasteiger charge is 2.65. The molecule has 85 valence electrons. The zero-order chi connectivity index (χ0) is 11.6. The lowest BCUT2D eigenvalue weighted by molar-refractivity contribution is -0.309. The first-order valence-electron chi connectivity index (χ1n) is 3.66. The number of rotatable bonds is 4. The molecule has 0 nitrogen and oxygen atoms in total. The molecule has 0 fully saturated rings. The standard InChI is InChI=1S/C7H8F7/c1-2-3-4(8)5(9)6(10,11)7(12,13)14/h4-5H,1-3H2/t4?,5-/m0/s1. The summed E-state index contributed by atoms with van der Waals surface area (Å²) in [5.41, 5.74) is 0. The van der Waals surface area contributed by atoms with Crippen molar-refractivity contribution >= 4 is 0 Å². The quantitative estimate of drug-likeness (QED) is 0.642. The summed E-state index contributed by atoms with van der Waals surface area (Å²) in [5, 5.41) is 0. The Kier molecular flexibility index (Phi) is 4.20. The molecule has 0 saturated carbocycles. The average molecular weight is 225 g/mol. The maximum absolute atomic E-state index is 12.4. The molecule has 0 aromatic carbocycles. The molecule has 0 aliphatic heterocycles. The molecule has 2 atom stereocenters. The van der Waals surface area contributed by atoms with Crippen molar-refractivity contribution in [3.05, 3.63) is 6.92 Å². The summed E-state index contributed by atoms with van der Waals surface area (Å²) in [5.74, 6) is -5.65. The molecular formula is C7H8F7. The maximum Gasteiger partial charge on any atom is 0.456 e. The highest BCUT2D eigenvalue weighted by atomic mass is 19.4. The third kappa shape index (κ3) is 2.75. The molecular weight excluding hydrogens is 217 g/mol. The van der Waals surface area contributed by atoms with E-state index in [1.807, 2.05) is 0 Å². The van der Waals surface area contributed by atoms with Crippen LogP contribution in [-0.4, -0.2) is 24.4 Å². The first-order valence-corrected chi connectivity index (χ1v) is 3.66. The van der Waals surface area contributed by atoms with Crippen molar-refractivity contribution in [3.63, 3.8) is 0 Å². The largest absolute Gasteiger partial charge is 0.456 e. The molecule has 0 N–H and O–H groups in total. The molecule has 0 bridgehead atoms. The second-order valence-corrected chi connectivity index (χ2v) is 2.68. The van der Waals surface area contributed by atoms with Gasteiger partial charge in [-0.2, -0.15) is 22.0 Å². The molecule has 0 rings (SSSR count). The third-order valence-electron chi connectivity index (χ3n) is 1.52. The van der Waals surface area contributed by atoms with Gasteiger partial charge in [0.1, 0.15) is 6.17 Å². The monoisotopic (exact) mass is 225 g/mol. The molecule has 0 aromatic rings. The first-order chi connectivity index (χ1) is 6.14. The molecule has 0 saturated heterocycles. The SMILES string of the molecule is [CH2]CCC(F)[C@H](F)C(F)(F)C(F)(F)F. The number of halogens is 7. The summed E-state index contributed by atoms with van der Waals surface area (Å²) in [6.45, 7) is 3.02. The normalized spacial score (nSPS) is 18.0. The predicted molar refractivity (Wildman–Crippen MR) is 35.4 cm³/mol. The van der Waals surface area contributed by atoms with Gasteiger partial charge in [0, 0.05) is 0 Å². The Morgan fingerprint density at radius 2 is 1.43 bits per heavy atom. The molecule has 1 radical (unpaired) electrons. The highest BCUT2D eigenvalue weighted by molar-refractivity contribution is 4.89. The van der Waals surface area contributed by atoms with Crippen molar-refractivity contribution in [2.45, 2.75) is 37.3 Å². The number of alkyl halides is 7. The molecule has 1 unspecified atom stereocenters. The number of hydrogen-bond donors (Lipinski definition) is 0. The van der Waals surface area contributed by atoms with Crippen LogP contribution in [-0.2, 0) is 0 Å². The fraction of sp³-hybridized carbons (Fsp3) is 0.857. The summed E-state index contributed by atoms with van der Waals surface area (Å²) in [6, 6.07) is 0. The molecule has 0 aliphatic rings. The lowest BCUT2D eigenvalue weighted by Gasteiger charge is -2.25. The predicted octanol–water partition coefficient (Wildman–Crippen LogP) is 3.47. The van der Waals surface area contributed by atoms with Crippen molar-refractivity contribution in [2.24, 2.45) is 0 Å². The molecule has 0 aliphatic carbocycles. The summed E-state index contributed by atoms with van der Waals surface area (Å²) in [4.78, 5) is 0. The van der Waals surface area contributed by atoms with E-state index in [1.54, 1.807) is 0 Å². The van der Waals surface area contributed by atoms with Crippen molar-refractivity contribution in [2.75, 3.05) is 0 Å². The Labute approximate surface area is 76.1 Å². The van der Waals surface area contributed by atoms with Gasteiger partial charge in [-0.05, 0) is 6.42 Å². The topological polar surface area (TPSA) is 0 Å². The van der Waals surface area contributed by atoms with E-state index >= 15 is 0 Å². The molecule has 7 heteroatoms. The van der Waals surface area contributed by atoms with Crippen LogP contribution >= 0.6 is 0 Å². The molecule has 0 spiro atoms. The maximum atomic E-state index is 12.4. The zero-order valence-electron chi connectivity index (χ0n) is 6.92. The molecule has 0 aromatic heterocycles. The molecule has 0 amide bonds. The van der Waals surface area contributed by atoms with E-state index < -0.39 is 30.9 Å². The van der Waals surface area contributed by atoms with Crippen molar-refractivity contribution in [3.8, 4) is 0 Å². The summed E-state index contributed by atoms with van der Waals surface area (Å²) in [7, 11) is 0. The minimum Gasteiger partial charge on any atom is -0.244 e. The van der Waals surface area contributed by atoms with Crippen LogP contribution < -0.4 is 0 Å². The van der Waals surface area contributed by atoms with Crippen LogP contribution in [0.25, 0.3) is 0 Å². The number of hydrogen-bond acceptors (Lipinski definition) is 0. The van der Waals surface area contributed by atoms with Gasteiger partial charge in [-0.3, -0.25) is 0 Å². The van der Waals surface area contributed by atoms with E-state index in [2.05, 4.69) is 6.92 Å². The van der Waals surface area contributed by atoms with E-state index in [9.17, 15) is 30.7 Å². The van der Waals surface area contributed by atoms with Crippen molar-refractivity contribution in [1.29, 1.82) is 0 Å². The van der Waals surface area contributed by atoms with Crippen LogP contribution in [0.4, 0.5) is 30.7 Å². The van der Waals surface area contributed by atoms with Gasteiger partial charge in [-0.1, -0.05) is 13.3 Å². The van der Waals surface area contributed by atoms with E-state index in [-0.39, 0.29) is 6.42 Å². The van der Waals surface area contributed by atoms with Gasteiger partial charge in [0.15, 0.2) is 0 Å². The molecule has 14 heavy (non-hydrogen) atoms. The molecule has 0 heterocycles. The van der Waals surface area contributed by atoms with Gasteiger partial charge < -0.3 is 0 Å². The van der Waals surface area contributed by atoms with Crippen LogP contribution in [0.2, 0.25) is 0 Å². The first kappa shape index (κ1) is 13.5. The van der Waals surface area contributed by atoms with Gasteiger partial charge in [-0.25, -0.2) is 8.78 Å². The summed E-state index contributed by atoms with van der Waals surface area (Å²) >= 11 is 0. The van der Waals surface area contributed by atoms with Crippen LogP contribution in [0.15, 0.2) is 0 Å². The summed E-state index contributed by atoms with van der Waals surface area (Å²) < 4.78 is 83.6. The van der Waals surface area contributed by atoms with Gasteiger partial charge >= 0.3 is 12.1 Å². The fourth-order valence-electron chi connectivity index (χ4n) is 0.725.